The van der Waals surface area contributed by atoms with E-state index in [2.05, 4.69) is 50.3 Å². The second-order valence-electron chi connectivity index (χ2n) is 3.41. The molecule has 0 radical (unpaired) electrons. The van der Waals surface area contributed by atoms with Gasteiger partial charge in [-0.25, -0.2) is 0 Å². The maximum Gasteiger partial charge on any atom is -0.0244 e. The van der Waals surface area contributed by atoms with Crippen molar-refractivity contribution in [2.24, 2.45) is 0 Å². The highest BCUT2D eigenvalue weighted by Crippen LogP contribution is 2.06. The summed E-state index contributed by atoms with van der Waals surface area (Å²) in [6, 6.07) is 8.74. The lowest BCUT2D eigenvalue weighted by molar-refractivity contribution is 0.989. The number of allylic oxidation sites excluding steroid dienone is 2. The van der Waals surface area contributed by atoms with E-state index in [1.807, 2.05) is 0 Å². The Bertz CT molecular complexity index is 271. The SMILES string of the molecule is CCC=CCCc1cccc(C)c1. The Labute approximate surface area is 81.3 Å². The first kappa shape index (κ1) is 10.0. The fourth-order valence-corrected chi connectivity index (χ4v) is 1.40. The van der Waals surface area contributed by atoms with E-state index in [1.54, 1.807) is 0 Å². The van der Waals surface area contributed by atoms with Crippen molar-refractivity contribution >= 4 is 0 Å². The molecule has 0 aliphatic rings. The topological polar surface area (TPSA) is 0 Å². The molecule has 70 valence electrons. The van der Waals surface area contributed by atoms with Gasteiger partial charge >= 0.3 is 0 Å². The number of rotatable bonds is 4. The molecular formula is C13H18. The van der Waals surface area contributed by atoms with E-state index in [1.165, 1.54) is 11.1 Å². The summed E-state index contributed by atoms with van der Waals surface area (Å²) in [5.74, 6) is 0. The standard InChI is InChI=1S/C13H18/c1-3-4-5-6-9-13-10-7-8-12(2)11-13/h4-5,7-8,10-11H,3,6,9H2,1-2H3. The summed E-state index contributed by atoms with van der Waals surface area (Å²) < 4.78 is 0. The lowest BCUT2D eigenvalue weighted by Crippen LogP contribution is -1.83. The molecule has 0 heterocycles. The molecule has 1 rings (SSSR count). The molecule has 1 aromatic carbocycles. The summed E-state index contributed by atoms with van der Waals surface area (Å²) in [4.78, 5) is 0. The molecule has 0 bridgehead atoms. The first-order valence-electron chi connectivity index (χ1n) is 5.03. The summed E-state index contributed by atoms with van der Waals surface area (Å²) in [5.41, 5.74) is 2.80. The maximum absolute atomic E-state index is 2.27. The van der Waals surface area contributed by atoms with Crippen molar-refractivity contribution in [2.45, 2.75) is 33.1 Å². The molecule has 13 heavy (non-hydrogen) atoms. The second-order valence-corrected chi connectivity index (χ2v) is 3.41. The zero-order chi connectivity index (χ0) is 9.52. The smallest absolute Gasteiger partial charge is 0.0244 e. The average Bonchev–Trinajstić information content (AvgIpc) is 2.13. The average molecular weight is 174 g/mol. The number of benzene rings is 1. The monoisotopic (exact) mass is 174 g/mol. The van der Waals surface area contributed by atoms with Gasteiger partial charge in [0.25, 0.3) is 0 Å². The van der Waals surface area contributed by atoms with Crippen LogP contribution in [0.3, 0.4) is 0 Å². The van der Waals surface area contributed by atoms with E-state index in [0.29, 0.717) is 0 Å². The molecule has 0 aliphatic carbocycles. The molecule has 0 aliphatic heterocycles. The summed E-state index contributed by atoms with van der Waals surface area (Å²) in [6.45, 7) is 4.31. The van der Waals surface area contributed by atoms with E-state index in [9.17, 15) is 0 Å². The minimum atomic E-state index is 1.15. The minimum absolute atomic E-state index is 1.15. The quantitative estimate of drug-likeness (QED) is 0.607. The third-order valence-corrected chi connectivity index (χ3v) is 2.08. The Kier molecular flexibility index (Phi) is 4.31. The fraction of sp³-hybridized carbons (Fsp3) is 0.385. The number of hydrogen-bond donors (Lipinski definition) is 0. The molecule has 0 spiro atoms. The lowest BCUT2D eigenvalue weighted by Gasteiger charge is -1.99. The van der Waals surface area contributed by atoms with Crippen LogP contribution in [0, 0.1) is 6.92 Å². The fourth-order valence-electron chi connectivity index (χ4n) is 1.40. The van der Waals surface area contributed by atoms with E-state index in [0.717, 1.165) is 19.3 Å². The van der Waals surface area contributed by atoms with Crippen LogP contribution in [0.5, 0.6) is 0 Å². The van der Waals surface area contributed by atoms with Crippen molar-refractivity contribution in [3.63, 3.8) is 0 Å². The Morgan fingerprint density at radius 1 is 1.23 bits per heavy atom. The van der Waals surface area contributed by atoms with Crippen molar-refractivity contribution in [3.8, 4) is 0 Å². The molecule has 0 unspecified atom stereocenters. The summed E-state index contributed by atoms with van der Waals surface area (Å²) in [7, 11) is 0. The molecule has 0 aromatic heterocycles. The summed E-state index contributed by atoms with van der Waals surface area (Å²) in [5, 5.41) is 0. The van der Waals surface area contributed by atoms with Crippen LogP contribution in [-0.2, 0) is 6.42 Å². The summed E-state index contributed by atoms with van der Waals surface area (Å²) in [6.07, 6.45) is 7.97. The Hall–Kier alpha value is -1.04. The maximum atomic E-state index is 2.27. The van der Waals surface area contributed by atoms with Crippen molar-refractivity contribution in [3.05, 3.63) is 47.5 Å². The van der Waals surface area contributed by atoms with Gasteiger partial charge in [0, 0.05) is 0 Å². The second kappa shape index (κ2) is 5.58. The van der Waals surface area contributed by atoms with Gasteiger partial charge in [0.1, 0.15) is 0 Å². The molecule has 0 amide bonds. The van der Waals surface area contributed by atoms with Gasteiger partial charge in [-0.2, -0.15) is 0 Å². The minimum Gasteiger partial charge on any atom is -0.0888 e. The highest BCUT2D eigenvalue weighted by Gasteiger charge is 1.90. The molecule has 0 saturated carbocycles. The van der Waals surface area contributed by atoms with Gasteiger partial charge in [-0.3, -0.25) is 0 Å². The van der Waals surface area contributed by atoms with Crippen LogP contribution in [-0.4, -0.2) is 0 Å². The largest absolute Gasteiger partial charge is 0.0888 e. The van der Waals surface area contributed by atoms with Crippen LogP contribution in [0.15, 0.2) is 36.4 Å². The van der Waals surface area contributed by atoms with E-state index >= 15 is 0 Å². The van der Waals surface area contributed by atoms with Crippen LogP contribution in [0.4, 0.5) is 0 Å². The molecule has 0 nitrogen and oxygen atoms in total. The van der Waals surface area contributed by atoms with E-state index in [-0.39, 0.29) is 0 Å². The first-order chi connectivity index (χ1) is 6.33. The third-order valence-electron chi connectivity index (χ3n) is 2.08. The Balaban J connectivity index is 2.41. The van der Waals surface area contributed by atoms with E-state index in [4.69, 9.17) is 0 Å². The summed E-state index contributed by atoms with van der Waals surface area (Å²) >= 11 is 0. The zero-order valence-corrected chi connectivity index (χ0v) is 8.59. The third kappa shape index (κ3) is 3.93. The molecule has 1 aromatic rings. The van der Waals surface area contributed by atoms with Crippen LogP contribution in [0.25, 0.3) is 0 Å². The van der Waals surface area contributed by atoms with Crippen molar-refractivity contribution in [1.82, 2.24) is 0 Å². The first-order valence-corrected chi connectivity index (χ1v) is 5.03. The highest BCUT2D eigenvalue weighted by molar-refractivity contribution is 5.22. The van der Waals surface area contributed by atoms with E-state index < -0.39 is 0 Å². The molecule has 0 atom stereocenters. The van der Waals surface area contributed by atoms with Crippen LogP contribution in [0.1, 0.15) is 30.9 Å². The molecule has 0 fully saturated rings. The predicted molar refractivity (Wildman–Crippen MR) is 58.9 cm³/mol. The Morgan fingerprint density at radius 2 is 2.08 bits per heavy atom. The van der Waals surface area contributed by atoms with Crippen LogP contribution < -0.4 is 0 Å². The highest BCUT2D eigenvalue weighted by atomic mass is 14.0. The molecule has 0 N–H and O–H groups in total. The zero-order valence-electron chi connectivity index (χ0n) is 8.59. The normalized spacial score (nSPS) is 10.9. The predicted octanol–water partition coefficient (Wildman–Crippen LogP) is 3.89. The molecule has 0 saturated heterocycles. The molecular weight excluding hydrogens is 156 g/mol. The van der Waals surface area contributed by atoms with Crippen molar-refractivity contribution in [1.29, 1.82) is 0 Å². The lowest BCUT2D eigenvalue weighted by atomic mass is 10.1. The molecule has 0 heteroatoms. The van der Waals surface area contributed by atoms with Gasteiger partial charge in [-0.15, -0.1) is 0 Å². The van der Waals surface area contributed by atoms with Gasteiger partial charge in [-0.05, 0) is 31.7 Å². The van der Waals surface area contributed by atoms with Crippen LogP contribution >= 0.6 is 0 Å². The number of hydrogen-bond acceptors (Lipinski definition) is 0. The van der Waals surface area contributed by atoms with Crippen LogP contribution in [0.2, 0.25) is 0 Å². The van der Waals surface area contributed by atoms with Gasteiger partial charge < -0.3 is 0 Å². The van der Waals surface area contributed by atoms with Gasteiger partial charge in [0.15, 0.2) is 0 Å². The van der Waals surface area contributed by atoms with Gasteiger partial charge in [0.2, 0.25) is 0 Å². The van der Waals surface area contributed by atoms with Crippen molar-refractivity contribution < 1.29 is 0 Å². The number of aryl methyl sites for hydroxylation is 2. The van der Waals surface area contributed by atoms with Gasteiger partial charge in [0.05, 0.1) is 0 Å². The van der Waals surface area contributed by atoms with Crippen molar-refractivity contribution in [2.75, 3.05) is 0 Å². The van der Waals surface area contributed by atoms with Gasteiger partial charge in [-0.1, -0.05) is 48.9 Å². The Morgan fingerprint density at radius 3 is 2.77 bits per heavy atom.